The van der Waals surface area contributed by atoms with Crippen LogP contribution in [0.4, 0.5) is 0 Å². The van der Waals surface area contributed by atoms with Gasteiger partial charge in [0.25, 0.3) is 0 Å². The van der Waals surface area contributed by atoms with E-state index in [0.29, 0.717) is 17.5 Å². The van der Waals surface area contributed by atoms with Crippen molar-refractivity contribution in [1.82, 2.24) is 9.80 Å². The standard InChI is InChI=1S/C23H28N2O/c1-3-7-19(8-4-1)13-24-15-21-11-23(17-26-18-23)12-22(16-24)25(21)14-20-9-5-2-6-10-20/h1-10,21-22H,11-18H2. The minimum absolute atomic E-state index is 0.474. The number of ether oxygens (including phenoxy) is 1. The summed E-state index contributed by atoms with van der Waals surface area (Å²) in [5.74, 6) is 0. The fraction of sp³-hybridized carbons (Fsp3) is 0.478. The number of likely N-dealkylation sites (tertiary alicyclic amines) is 1. The molecule has 1 spiro atoms. The molecule has 0 aliphatic carbocycles. The molecule has 0 radical (unpaired) electrons. The third kappa shape index (κ3) is 3.20. The molecule has 3 aliphatic rings. The molecule has 2 atom stereocenters. The third-order valence-electron chi connectivity index (χ3n) is 6.49. The van der Waals surface area contributed by atoms with Gasteiger partial charge in [-0.2, -0.15) is 0 Å². The van der Waals surface area contributed by atoms with E-state index in [9.17, 15) is 0 Å². The molecular weight excluding hydrogens is 320 g/mol. The Balaban J connectivity index is 1.34. The second kappa shape index (κ2) is 6.80. The molecule has 0 N–H and O–H groups in total. The molecule has 136 valence electrons. The first-order valence-electron chi connectivity index (χ1n) is 9.93. The average molecular weight is 348 g/mol. The molecule has 2 unspecified atom stereocenters. The maximum atomic E-state index is 5.62. The Hall–Kier alpha value is -1.68. The molecule has 2 bridgehead atoms. The Morgan fingerprint density at radius 1 is 0.769 bits per heavy atom. The number of piperazine rings is 1. The lowest BCUT2D eigenvalue weighted by Gasteiger charge is -2.59. The van der Waals surface area contributed by atoms with E-state index in [4.69, 9.17) is 4.74 Å². The van der Waals surface area contributed by atoms with Crippen molar-refractivity contribution in [2.24, 2.45) is 5.41 Å². The van der Waals surface area contributed by atoms with Gasteiger partial charge in [0.1, 0.15) is 0 Å². The van der Waals surface area contributed by atoms with Crippen LogP contribution in [0.1, 0.15) is 24.0 Å². The van der Waals surface area contributed by atoms with Gasteiger partial charge in [0.05, 0.1) is 13.2 Å². The third-order valence-corrected chi connectivity index (χ3v) is 6.49. The van der Waals surface area contributed by atoms with Crippen LogP contribution in [-0.4, -0.2) is 48.2 Å². The van der Waals surface area contributed by atoms with Crippen LogP contribution >= 0.6 is 0 Å². The maximum absolute atomic E-state index is 5.62. The number of fused-ring (bicyclic) bond motifs is 2. The SMILES string of the molecule is c1ccc(CN2CC3CC4(COC4)CC(C2)N3Cc2ccccc2)cc1. The number of rotatable bonds is 4. The molecule has 0 amide bonds. The van der Waals surface area contributed by atoms with Gasteiger partial charge in [-0.1, -0.05) is 60.7 Å². The van der Waals surface area contributed by atoms with E-state index in [2.05, 4.69) is 70.5 Å². The maximum Gasteiger partial charge on any atom is 0.0546 e. The molecule has 2 aromatic carbocycles. The van der Waals surface area contributed by atoms with Gasteiger partial charge in [-0.25, -0.2) is 0 Å². The Kier molecular flexibility index (Phi) is 4.32. The second-order valence-corrected chi connectivity index (χ2v) is 8.55. The molecule has 26 heavy (non-hydrogen) atoms. The summed E-state index contributed by atoms with van der Waals surface area (Å²) in [6.07, 6.45) is 2.59. The summed E-state index contributed by atoms with van der Waals surface area (Å²) in [5.41, 5.74) is 3.35. The number of benzene rings is 2. The number of nitrogens with zero attached hydrogens (tertiary/aromatic N) is 2. The highest BCUT2D eigenvalue weighted by Gasteiger charge is 2.51. The van der Waals surface area contributed by atoms with E-state index in [1.807, 2.05) is 0 Å². The van der Waals surface area contributed by atoms with Crippen LogP contribution in [0.2, 0.25) is 0 Å². The van der Waals surface area contributed by atoms with Gasteiger partial charge in [-0.3, -0.25) is 9.80 Å². The highest BCUT2D eigenvalue weighted by Crippen LogP contribution is 2.46. The highest BCUT2D eigenvalue weighted by molar-refractivity contribution is 5.17. The Labute approximate surface area is 156 Å². The molecule has 0 saturated carbocycles. The summed E-state index contributed by atoms with van der Waals surface area (Å²) >= 11 is 0. The van der Waals surface area contributed by atoms with Gasteiger partial charge < -0.3 is 4.74 Å². The molecule has 3 saturated heterocycles. The van der Waals surface area contributed by atoms with Crippen molar-refractivity contribution in [3.63, 3.8) is 0 Å². The molecule has 2 aromatic rings. The van der Waals surface area contributed by atoms with Crippen molar-refractivity contribution in [2.75, 3.05) is 26.3 Å². The highest BCUT2D eigenvalue weighted by atomic mass is 16.5. The van der Waals surface area contributed by atoms with Gasteiger partial charge in [-0.05, 0) is 24.0 Å². The van der Waals surface area contributed by atoms with Crippen molar-refractivity contribution in [1.29, 1.82) is 0 Å². The monoisotopic (exact) mass is 348 g/mol. The molecule has 5 rings (SSSR count). The van der Waals surface area contributed by atoms with Crippen LogP contribution in [0.25, 0.3) is 0 Å². The van der Waals surface area contributed by atoms with Gasteiger partial charge in [0, 0.05) is 43.7 Å². The summed E-state index contributed by atoms with van der Waals surface area (Å²) < 4.78 is 5.62. The van der Waals surface area contributed by atoms with Gasteiger partial charge in [0.2, 0.25) is 0 Å². The summed E-state index contributed by atoms with van der Waals surface area (Å²) in [6, 6.07) is 23.2. The van der Waals surface area contributed by atoms with Crippen molar-refractivity contribution in [3.05, 3.63) is 71.8 Å². The van der Waals surface area contributed by atoms with Crippen molar-refractivity contribution in [3.8, 4) is 0 Å². The number of hydrogen-bond donors (Lipinski definition) is 0. The summed E-state index contributed by atoms with van der Waals surface area (Å²) in [4.78, 5) is 5.47. The van der Waals surface area contributed by atoms with Crippen LogP contribution in [0.3, 0.4) is 0 Å². The predicted octanol–water partition coefficient (Wildman–Crippen LogP) is 3.55. The van der Waals surface area contributed by atoms with E-state index in [1.165, 1.54) is 37.1 Å². The van der Waals surface area contributed by atoms with Crippen molar-refractivity contribution < 1.29 is 4.74 Å². The van der Waals surface area contributed by atoms with E-state index in [1.54, 1.807) is 0 Å². The quantitative estimate of drug-likeness (QED) is 0.840. The first-order valence-corrected chi connectivity index (χ1v) is 9.93. The molecule has 3 heteroatoms. The Morgan fingerprint density at radius 2 is 1.31 bits per heavy atom. The topological polar surface area (TPSA) is 15.7 Å². The van der Waals surface area contributed by atoms with E-state index >= 15 is 0 Å². The van der Waals surface area contributed by atoms with Gasteiger partial charge >= 0.3 is 0 Å². The fourth-order valence-corrected chi connectivity index (χ4v) is 5.27. The Bertz CT molecular complexity index is 710. The largest absolute Gasteiger partial charge is 0.380 e. The molecule has 0 aromatic heterocycles. The van der Waals surface area contributed by atoms with Crippen LogP contribution in [0.5, 0.6) is 0 Å². The zero-order valence-electron chi connectivity index (χ0n) is 15.4. The smallest absolute Gasteiger partial charge is 0.0546 e. The lowest BCUT2D eigenvalue weighted by Crippen LogP contribution is -2.66. The van der Waals surface area contributed by atoms with Gasteiger partial charge in [0.15, 0.2) is 0 Å². The Morgan fingerprint density at radius 3 is 1.81 bits per heavy atom. The lowest BCUT2D eigenvalue weighted by molar-refractivity contribution is -0.181. The lowest BCUT2D eigenvalue weighted by atomic mass is 9.69. The molecule has 3 nitrogen and oxygen atoms in total. The summed E-state index contributed by atoms with van der Waals surface area (Å²) in [5, 5.41) is 0. The van der Waals surface area contributed by atoms with Crippen LogP contribution in [-0.2, 0) is 17.8 Å². The van der Waals surface area contributed by atoms with Crippen molar-refractivity contribution >= 4 is 0 Å². The van der Waals surface area contributed by atoms with Crippen LogP contribution < -0.4 is 0 Å². The predicted molar refractivity (Wildman–Crippen MR) is 104 cm³/mol. The summed E-state index contributed by atoms with van der Waals surface area (Å²) in [7, 11) is 0. The minimum Gasteiger partial charge on any atom is -0.380 e. The first kappa shape index (κ1) is 16.5. The average Bonchev–Trinajstić information content (AvgIpc) is 2.63. The van der Waals surface area contributed by atoms with E-state index in [-0.39, 0.29) is 0 Å². The normalized spacial score (nSPS) is 28.0. The second-order valence-electron chi connectivity index (χ2n) is 8.55. The van der Waals surface area contributed by atoms with Crippen LogP contribution in [0.15, 0.2) is 60.7 Å². The first-order chi connectivity index (χ1) is 12.8. The van der Waals surface area contributed by atoms with Crippen molar-refractivity contribution in [2.45, 2.75) is 38.0 Å². The molecular formula is C23H28N2O. The number of piperidine rings is 1. The zero-order chi connectivity index (χ0) is 17.4. The number of hydrogen-bond acceptors (Lipinski definition) is 3. The van der Waals surface area contributed by atoms with Gasteiger partial charge in [-0.15, -0.1) is 0 Å². The molecule has 3 fully saturated rings. The minimum atomic E-state index is 0.474. The zero-order valence-corrected chi connectivity index (χ0v) is 15.4. The summed E-state index contributed by atoms with van der Waals surface area (Å²) in [6.45, 7) is 6.50. The van der Waals surface area contributed by atoms with E-state index in [0.717, 1.165) is 26.3 Å². The fourth-order valence-electron chi connectivity index (χ4n) is 5.27. The van der Waals surface area contributed by atoms with E-state index < -0.39 is 0 Å². The van der Waals surface area contributed by atoms with Crippen LogP contribution in [0, 0.1) is 5.41 Å². The molecule has 3 aliphatic heterocycles. The molecule has 3 heterocycles.